The quantitative estimate of drug-likeness (QED) is 0.737. The van der Waals surface area contributed by atoms with E-state index in [2.05, 4.69) is 10.6 Å². The first-order chi connectivity index (χ1) is 12.4. The second-order valence-electron chi connectivity index (χ2n) is 6.36. The Bertz CT molecular complexity index is 705. The molecule has 6 nitrogen and oxygen atoms in total. The average molecular weight is 387 g/mol. The number of carbonyl (C=O) groups excluding carboxylic acids is 3. The topological polar surface area (TPSA) is 78.5 Å². The van der Waals surface area contributed by atoms with Crippen LogP contribution in [-0.2, 0) is 9.59 Å². The second kappa shape index (κ2) is 9.38. The lowest BCUT2D eigenvalue weighted by Gasteiger charge is -2.18. The van der Waals surface area contributed by atoms with Crippen LogP contribution >= 0.6 is 0 Å². The lowest BCUT2D eigenvalue weighted by molar-refractivity contribution is -0.149. The Morgan fingerprint density at radius 3 is 2.37 bits per heavy atom. The molecule has 0 saturated heterocycles. The molecule has 1 atom stereocenters. The molecule has 9 heteroatoms. The van der Waals surface area contributed by atoms with E-state index in [1.807, 2.05) is 13.8 Å². The van der Waals surface area contributed by atoms with Gasteiger partial charge in [0.15, 0.2) is 0 Å². The van der Waals surface area contributed by atoms with Gasteiger partial charge in [0.1, 0.15) is 0 Å². The monoisotopic (exact) mass is 387 g/mol. The zero-order chi connectivity index (χ0) is 20.8. The number of carbonyl (C=O) groups is 3. The first-order valence-corrected chi connectivity index (χ1v) is 8.49. The maximum absolute atomic E-state index is 12.2. The first-order valence-electron chi connectivity index (χ1n) is 8.49. The van der Waals surface area contributed by atoms with Crippen molar-refractivity contribution < 1.29 is 27.6 Å². The van der Waals surface area contributed by atoms with Gasteiger partial charge in [-0.15, -0.1) is 0 Å². The van der Waals surface area contributed by atoms with Crippen molar-refractivity contribution in [2.45, 2.75) is 45.8 Å². The minimum atomic E-state index is -4.41. The number of alkyl halides is 3. The van der Waals surface area contributed by atoms with Crippen LogP contribution in [-0.4, -0.2) is 48.4 Å². The average Bonchev–Trinajstić information content (AvgIpc) is 2.59. The molecule has 1 aromatic carbocycles. The summed E-state index contributed by atoms with van der Waals surface area (Å²) >= 11 is 0. The largest absolute Gasteiger partial charge is 0.390 e. The summed E-state index contributed by atoms with van der Waals surface area (Å²) in [6, 6.07) is 4.55. The maximum Gasteiger partial charge on any atom is 0.390 e. The van der Waals surface area contributed by atoms with Gasteiger partial charge in [-0.1, -0.05) is 6.92 Å². The Hall–Kier alpha value is -2.58. The van der Waals surface area contributed by atoms with E-state index in [0.29, 0.717) is 21.7 Å². The third-order valence-corrected chi connectivity index (χ3v) is 4.00. The maximum atomic E-state index is 12.2. The van der Waals surface area contributed by atoms with Crippen molar-refractivity contribution in [3.63, 3.8) is 0 Å². The van der Waals surface area contributed by atoms with Gasteiger partial charge >= 0.3 is 18.0 Å². The van der Waals surface area contributed by atoms with Crippen molar-refractivity contribution >= 4 is 23.4 Å². The predicted octanol–water partition coefficient (Wildman–Crippen LogP) is 2.87. The molecule has 0 radical (unpaired) electrons. The minimum Gasteiger partial charge on any atom is -0.350 e. The highest BCUT2D eigenvalue weighted by atomic mass is 19.4. The van der Waals surface area contributed by atoms with Crippen LogP contribution in [0.5, 0.6) is 0 Å². The number of amides is 3. The standard InChI is InChI=1S/C18H24F3N3O3/c1-5-12(3)22-15(25)13-6-7-14(11(2)10-13)23-16(26)17(27)24(4)9-8-18(19,20)21/h6-7,10,12H,5,8-9H2,1-4H3,(H,22,25)(H,23,26). The number of halogens is 3. The molecule has 3 amide bonds. The van der Waals surface area contributed by atoms with Crippen LogP contribution in [0.2, 0.25) is 0 Å². The molecule has 27 heavy (non-hydrogen) atoms. The fourth-order valence-electron chi connectivity index (χ4n) is 2.10. The van der Waals surface area contributed by atoms with E-state index in [9.17, 15) is 27.6 Å². The van der Waals surface area contributed by atoms with Gasteiger partial charge in [0.25, 0.3) is 5.91 Å². The summed E-state index contributed by atoms with van der Waals surface area (Å²) in [4.78, 5) is 36.7. The summed E-state index contributed by atoms with van der Waals surface area (Å²) in [5.74, 6) is -2.37. The molecule has 0 saturated carbocycles. The molecule has 0 fully saturated rings. The molecule has 0 aliphatic heterocycles. The van der Waals surface area contributed by atoms with Gasteiger partial charge in [-0.3, -0.25) is 14.4 Å². The van der Waals surface area contributed by atoms with Gasteiger partial charge in [-0.2, -0.15) is 13.2 Å². The lowest BCUT2D eigenvalue weighted by atomic mass is 10.1. The van der Waals surface area contributed by atoms with Crippen LogP contribution < -0.4 is 10.6 Å². The van der Waals surface area contributed by atoms with E-state index in [-0.39, 0.29) is 11.9 Å². The summed E-state index contributed by atoms with van der Waals surface area (Å²) in [5.41, 5.74) is 1.25. The van der Waals surface area contributed by atoms with Crippen LogP contribution in [0.15, 0.2) is 18.2 Å². The van der Waals surface area contributed by atoms with E-state index < -0.39 is 31.0 Å². The molecule has 0 spiro atoms. The number of anilines is 1. The van der Waals surface area contributed by atoms with Gasteiger partial charge in [-0.25, -0.2) is 0 Å². The molecule has 2 N–H and O–H groups in total. The van der Waals surface area contributed by atoms with Crippen LogP contribution in [0.25, 0.3) is 0 Å². The zero-order valence-corrected chi connectivity index (χ0v) is 15.7. The third kappa shape index (κ3) is 7.28. The molecule has 0 aliphatic rings. The number of rotatable bonds is 6. The van der Waals surface area contributed by atoms with E-state index in [0.717, 1.165) is 13.5 Å². The number of likely N-dealkylation sites (N-methyl/N-ethyl adjacent to an activating group) is 1. The molecule has 0 aromatic heterocycles. The predicted molar refractivity (Wildman–Crippen MR) is 95.3 cm³/mol. The molecule has 1 unspecified atom stereocenters. The fourth-order valence-corrected chi connectivity index (χ4v) is 2.10. The van der Waals surface area contributed by atoms with E-state index in [1.54, 1.807) is 13.0 Å². The van der Waals surface area contributed by atoms with Crippen molar-refractivity contribution in [3.05, 3.63) is 29.3 Å². The number of nitrogens with one attached hydrogen (secondary N) is 2. The highest BCUT2D eigenvalue weighted by molar-refractivity contribution is 6.39. The number of nitrogens with zero attached hydrogens (tertiary/aromatic N) is 1. The molecule has 0 bridgehead atoms. The molecule has 1 rings (SSSR count). The van der Waals surface area contributed by atoms with Crippen LogP contribution in [0.4, 0.5) is 18.9 Å². The van der Waals surface area contributed by atoms with Crippen molar-refractivity contribution in [3.8, 4) is 0 Å². The summed E-state index contributed by atoms with van der Waals surface area (Å²) < 4.78 is 36.6. The van der Waals surface area contributed by atoms with Crippen molar-refractivity contribution in [1.29, 1.82) is 0 Å². The highest BCUT2D eigenvalue weighted by Crippen LogP contribution is 2.20. The molecular formula is C18H24F3N3O3. The normalized spacial score (nSPS) is 12.3. The summed E-state index contributed by atoms with van der Waals surface area (Å²) in [5, 5.41) is 5.18. The first kappa shape index (κ1) is 22.5. The smallest absolute Gasteiger partial charge is 0.350 e. The Kier molecular flexibility index (Phi) is 7.81. The van der Waals surface area contributed by atoms with E-state index in [4.69, 9.17) is 0 Å². The van der Waals surface area contributed by atoms with Crippen LogP contribution in [0.1, 0.15) is 42.6 Å². The van der Waals surface area contributed by atoms with Crippen molar-refractivity contribution in [2.75, 3.05) is 18.9 Å². The van der Waals surface area contributed by atoms with E-state index in [1.165, 1.54) is 12.1 Å². The Morgan fingerprint density at radius 1 is 1.22 bits per heavy atom. The number of hydrogen-bond donors (Lipinski definition) is 2. The summed E-state index contributed by atoms with van der Waals surface area (Å²) in [6.07, 6.45) is -4.82. The number of benzene rings is 1. The Labute approximate surface area is 156 Å². The van der Waals surface area contributed by atoms with Gasteiger partial charge in [0.05, 0.1) is 6.42 Å². The molecule has 0 heterocycles. The summed E-state index contributed by atoms with van der Waals surface area (Å²) in [6.45, 7) is 4.86. The fraction of sp³-hybridized carbons (Fsp3) is 0.500. The van der Waals surface area contributed by atoms with E-state index >= 15 is 0 Å². The van der Waals surface area contributed by atoms with Gasteiger partial charge < -0.3 is 15.5 Å². The second-order valence-corrected chi connectivity index (χ2v) is 6.36. The zero-order valence-electron chi connectivity index (χ0n) is 15.7. The third-order valence-electron chi connectivity index (χ3n) is 4.00. The van der Waals surface area contributed by atoms with Crippen molar-refractivity contribution in [1.82, 2.24) is 10.2 Å². The van der Waals surface area contributed by atoms with Crippen molar-refractivity contribution in [2.24, 2.45) is 0 Å². The van der Waals surface area contributed by atoms with Crippen LogP contribution in [0, 0.1) is 6.92 Å². The van der Waals surface area contributed by atoms with Gasteiger partial charge in [0.2, 0.25) is 0 Å². The molecule has 0 aliphatic carbocycles. The minimum absolute atomic E-state index is 0.0158. The molecular weight excluding hydrogens is 363 g/mol. The Balaban J connectivity index is 2.74. The number of aryl methyl sites for hydroxylation is 1. The van der Waals surface area contributed by atoms with Gasteiger partial charge in [0, 0.05) is 30.9 Å². The highest BCUT2D eigenvalue weighted by Gasteiger charge is 2.29. The summed E-state index contributed by atoms with van der Waals surface area (Å²) in [7, 11) is 1.13. The number of hydrogen-bond acceptors (Lipinski definition) is 3. The Morgan fingerprint density at radius 2 is 1.85 bits per heavy atom. The molecule has 1 aromatic rings. The van der Waals surface area contributed by atoms with Gasteiger partial charge in [-0.05, 0) is 44.0 Å². The molecule has 150 valence electrons. The lowest BCUT2D eigenvalue weighted by Crippen LogP contribution is -2.38. The SMILES string of the molecule is CCC(C)NC(=O)c1ccc(NC(=O)C(=O)N(C)CCC(F)(F)F)c(C)c1. The van der Waals surface area contributed by atoms with Crippen LogP contribution in [0.3, 0.4) is 0 Å².